The van der Waals surface area contributed by atoms with Crippen LogP contribution in [0.3, 0.4) is 0 Å². The fourth-order valence-electron chi connectivity index (χ4n) is 2.06. The number of carbonyl (C=O) groups is 1. The molecule has 0 saturated carbocycles. The second-order valence-corrected chi connectivity index (χ2v) is 6.69. The molecule has 0 unspecified atom stereocenters. The Hall–Kier alpha value is -1.88. The van der Waals surface area contributed by atoms with Crippen molar-refractivity contribution >= 4 is 15.9 Å². The third-order valence-electron chi connectivity index (χ3n) is 3.28. The van der Waals surface area contributed by atoms with Crippen LogP contribution in [0, 0.1) is 12.3 Å². The van der Waals surface area contributed by atoms with Crippen molar-refractivity contribution in [3.8, 4) is 12.3 Å². The molecule has 1 saturated heterocycles. The molecule has 6 nitrogen and oxygen atoms in total. The largest absolute Gasteiger partial charge is 0.379 e. The van der Waals surface area contributed by atoms with E-state index in [4.69, 9.17) is 11.2 Å². The molecule has 0 aromatic heterocycles. The zero-order valence-corrected chi connectivity index (χ0v) is 12.9. The highest BCUT2D eigenvalue weighted by Gasteiger charge is 2.26. The smallest absolute Gasteiger partial charge is 0.251 e. The van der Waals surface area contributed by atoms with Gasteiger partial charge in [0.1, 0.15) is 0 Å². The minimum Gasteiger partial charge on any atom is -0.379 e. The summed E-state index contributed by atoms with van der Waals surface area (Å²) in [5.41, 5.74) is 0.401. The number of morpholine rings is 1. The van der Waals surface area contributed by atoms with Gasteiger partial charge in [0.25, 0.3) is 5.91 Å². The van der Waals surface area contributed by atoms with E-state index >= 15 is 0 Å². The zero-order chi connectivity index (χ0) is 16.0. The summed E-state index contributed by atoms with van der Waals surface area (Å²) < 4.78 is 31.4. The average Bonchev–Trinajstić information content (AvgIpc) is 2.56. The van der Waals surface area contributed by atoms with Crippen LogP contribution in [0.1, 0.15) is 16.8 Å². The number of hydrogen-bond donors (Lipinski definition) is 1. The first-order valence-electron chi connectivity index (χ1n) is 6.95. The highest BCUT2D eigenvalue weighted by Crippen LogP contribution is 2.17. The van der Waals surface area contributed by atoms with E-state index in [1.54, 1.807) is 0 Å². The van der Waals surface area contributed by atoms with E-state index in [1.165, 1.54) is 28.6 Å². The van der Waals surface area contributed by atoms with Crippen molar-refractivity contribution in [1.82, 2.24) is 9.62 Å². The second kappa shape index (κ2) is 7.40. The minimum atomic E-state index is -3.53. The van der Waals surface area contributed by atoms with Crippen molar-refractivity contribution in [3.05, 3.63) is 29.8 Å². The Balaban J connectivity index is 2.08. The van der Waals surface area contributed by atoms with Crippen LogP contribution in [0.15, 0.2) is 29.2 Å². The van der Waals surface area contributed by atoms with Gasteiger partial charge in [-0.2, -0.15) is 4.31 Å². The van der Waals surface area contributed by atoms with Crippen molar-refractivity contribution in [1.29, 1.82) is 0 Å². The lowest BCUT2D eigenvalue weighted by Gasteiger charge is -2.26. The number of amides is 1. The third kappa shape index (κ3) is 3.85. The van der Waals surface area contributed by atoms with Gasteiger partial charge in [0.15, 0.2) is 0 Å². The molecule has 1 heterocycles. The lowest BCUT2D eigenvalue weighted by Crippen LogP contribution is -2.40. The molecule has 22 heavy (non-hydrogen) atoms. The molecule has 0 bridgehead atoms. The fourth-order valence-corrected chi connectivity index (χ4v) is 3.47. The summed E-state index contributed by atoms with van der Waals surface area (Å²) in [4.78, 5) is 12.0. The normalized spacial score (nSPS) is 16.0. The van der Waals surface area contributed by atoms with Crippen molar-refractivity contribution < 1.29 is 17.9 Å². The van der Waals surface area contributed by atoms with Gasteiger partial charge in [0.2, 0.25) is 10.0 Å². The molecule has 1 aliphatic rings. The summed E-state index contributed by atoms with van der Waals surface area (Å²) in [6, 6.07) is 5.89. The summed E-state index contributed by atoms with van der Waals surface area (Å²) in [6.45, 7) is 1.88. The van der Waals surface area contributed by atoms with E-state index in [0.29, 0.717) is 44.8 Å². The molecule has 1 amide bonds. The number of terminal acetylenes is 1. The Labute approximate surface area is 130 Å². The summed E-state index contributed by atoms with van der Waals surface area (Å²) in [7, 11) is -3.53. The van der Waals surface area contributed by atoms with E-state index in [9.17, 15) is 13.2 Å². The van der Waals surface area contributed by atoms with Gasteiger partial charge in [-0.1, -0.05) is 0 Å². The zero-order valence-electron chi connectivity index (χ0n) is 12.1. The van der Waals surface area contributed by atoms with Crippen molar-refractivity contribution in [2.75, 3.05) is 32.8 Å². The van der Waals surface area contributed by atoms with E-state index in [-0.39, 0.29) is 10.8 Å². The van der Waals surface area contributed by atoms with Gasteiger partial charge in [-0.3, -0.25) is 4.79 Å². The van der Waals surface area contributed by atoms with Crippen LogP contribution < -0.4 is 5.32 Å². The van der Waals surface area contributed by atoms with Crippen LogP contribution in [0.25, 0.3) is 0 Å². The molecule has 1 fully saturated rings. The number of nitrogens with one attached hydrogen (secondary N) is 1. The molecule has 1 N–H and O–H groups in total. The maximum atomic E-state index is 12.4. The lowest BCUT2D eigenvalue weighted by molar-refractivity contribution is 0.0730. The van der Waals surface area contributed by atoms with Gasteiger partial charge in [-0.05, 0) is 24.3 Å². The molecule has 0 spiro atoms. The monoisotopic (exact) mass is 322 g/mol. The van der Waals surface area contributed by atoms with E-state index in [1.807, 2.05) is 0 Å². The topological polar surface area (TPSA) is 75.7 Å². The number of nitrogens with zero attached hydrogens (tertiary/aromatic N) is 1. The van der Waals surface area contributed by atoms with Gasteiger partial charge in [0, 0.05) is 31.6 Å². The first-order valence-corrected chi connectivity index (χ1v) is 8.39. The standard InChI is InChI=1S/C15H18N2O4S/c1-2-3-8-16-15(18)13-4-6-14(7-5-13)22(19,20)17-9-11-21-12-10-17/h1,4-7H,3,8-12H2,(H,16,18). The third-order valence-corrected chi connectivity index (χ3v) is 5.19. The van der Waals surface area contributed by atoms with Crippen molar-refractivity contribution in [3.63, 3.8) is 0 Å². The van der Waals surface area contributed by atoms with Crippen LogP contribution in [-0.4, -0.2) is 51.5 Å². The van der Waals surface area contributed by atoms with E-state index < -0.39 is 10.0 Å². The Morgan fingerprint density at radius 1 is 1.27 bits per heavy atom. The van der Waals surface area contributed by atoms with Crippen LogP contribution in [0.2, 0.25) is 0 Å². The molecular weight excluding hydrogens is 304 g/mol. The van der Waals surface area contributed by atoms with Crippen LogP contribution in [0.5, 0.6) is 0 Å². The quantitative estimate of drug-likeness (QED) is 0.631. The maximum Gasteiger partial charge on any atom is 0.251 e. The van der Waals surface area contributed by atoms with Crippen LogP contribution in [0.4, 0.5) is 0 Å². The first kappa shape index (κ1) is 16.5. The number of sulfonamides is 1. The molecule has 0 aliphatic carbocycles. The lowest BCUT2D eigenvalue weighted by atomic mass is 10.2. The molecular formula is C15H18N2O4S. The van der Waals surface area contributed by atoms with Gasteiger partial charge in [-0.25, -0.2) is 8.42 Å². The summed E-state index contributed by atoms with van der Waals surface area (Å²) >= 11 is 0. The Bertz CT molecular complexity index is 656. The van der Waals surface area contributed by atoms with E-state index in [2.05, 4.69) is 11.2 Å². The molecule has 0 radical (unpaired) electrons. The van der Waals surface area contributed by atoms with Crippen LogP contribution in [-0.2, 0) is 14.8 Å². The summed E-state index contributed by atoms with van der Waals surface area (Å²) in [5, 5.41) is 2.66. The van der Waals surface area contributed by atoms with Gasteiger partial charge in [0.05, 0.1) is 18.1 Å². The van der Waals surface area contributed by atoms with Crippen molar-refractivity contribution in [2.45, 2.75) is 11.3 Å². The number of carbonyl (C=O) groups excluding carboxylic acids is 1. The number of ether oxygens (including phenoxy) is 1. The number of hydrogen-bond acceptors (Lipinski definition) is 4. The summed E-state index contributed by atoms with van der Waals surface area (Å²) in [5.74, 6) is 2.16. The predicted octanol–water partition coefficient (Wildman–Crippen LogP) is 0.461. The minimum absolute atomic E-state index is 0.176. The molecule has 1 aromatic rings. The Morgan fingerprint density at radius 3 is 2.50 bits per heavy atom. The Kier molecular flexibility index (Phi) is 5.55. The SMILES string of the molecule is C#CCCNC(=O)c1ccc(S(=O)(=O)N2CCOCC2)cc1. The molecule has 7 heteroatoms. The van der Waals surface area contributed by atoms with Gasteiger partial charge >= 0.3 is 0 Å². The van der Waals surface area contributed by atoms with Gasteiger partial charge < -0.3 is 10.1 Å². The van der Waals surface area contributed by atoms with Crippen LogP contribution >= 0.6 is 0 Å². The molecule has 2 rings (SSSR count). The highest BCUT2D eigenvalue weighted by molar-refractivity contribution is 7.89. The molecule has 118 valence electrons. The molecule has 1 aromatic carbocycles. The molecule has 0 atom stereocenters. The second-order valence-electron chi connectivity index (χ2n) is 4.75. The number of benzene rings is 1. The average molecular weight is 322 g/mol. The molecule has 1 aliphatic heterocycles. The van der Waals surface area contributed by atoms with Gasteiger partial charge in [-0.15, -0.1) is 12.3 Å². The highest BCUT2D eigenvalue weighted by atomic mass is 32.2. The van der Waals surface area contributed by atoms with Crippen molar-refractivity contribution in [2.24, 2.45) is 0 Å². The fraction of sp³-hybridized carbons (Fsp3) is 0.400. The number of rotatable bonds is 5. The predicted molar refractivity (Wildman–Crippen MR) is 81.8 cm³/mol. The maximum absolute atomic E-state index is 12.4. The Morgan fingerprint density at radius 2 is 1.91 bits per heavy atom. The first-order chi connectivity index (χ1) is 10.6. The van der Waals surface area contributed by atoms with E-state index in [0.717, 1.165) is 0 Å². The summed E-state index contributed by atoms with van der Waals surface area (Å²) in [6.07, 6.45) is 5.56.